The minimum absolute atomic E-state index is 0.00111. The highest BCUT2D eigenvalue weighted by Gasteiger charge is 2.15. The molecule has 0 atom stereocenters. The number of aromatic nitrogens is 1. The van der Waals surface area contributed by atoms with Crippen molar-refractivity contribution in [2.75, 3.05) is 7.11 Å². The van der Waals surface area contributed by atoms with Gasteiger partial charge in [-0.15, -0.1) is 0 Å². The number of carbonyl (C=O) groups is 1. The maximum absolute atomic E-state index is 11.8. The van der Waals surface area contributed by atoms with E-state index < -0.39 is 0 Å². The lowest BCUT2D eigenvalue weighted by molar-refractivity contribution is 0.101. The first-order valence-corrected chi connectivity index (χ1v) is 5.50. The maximum Gasteiger partial charge on any atom is 0.164 e. The van der Waals surface area contributed by atoms with Crippen LogP contribution in [0.3, 0.4) is 0 Å². The van der Waals surface area contributed by atoms with Gasteiger partial charge in [0.15, 0.2) is 5.78 Å². The lowest BCUT2D eigenvalue weighted by atomic mass is 9.99. The molecule has 2 aromatic rings. The quantitative estimate of drug-likeness (QED) is 0.743. The van der Waals surface area contributed by atoms with Crippen molar-refractivity contribution in [2.45, 2.75) is 20.8 Å². The number of carbonyl (C=O) groups excluding carboxylic acids is 1. The zero-order valence-electron chi connectivity index (χ0n) is 10.5. The number of hydrogen-bond donors (Lipinski definition) is 0. The molecule has 88 valence electrons. The molecule has 0 aliphatic heterocycles. The van der Waals surface area contributed by atoms with E-state index in [1.54, 1.807) is 20.1 Å². The van der Waals surface area contributed by atoms with E-state index in [-0.39, 0.29) is 5.78 Å². The van der Waals surface area contributed by atoms with Crippen LogP contribution in [0.2, 0.25) is 0 Å². The normalized spacial score (nSPS) is 10.6. The Labute approximate surface area is 100 Å². The highest BCUT2D eigenvalue weighted by molar-refractivity contribution is 6.09. The number of aryl methyl sites for hydroxylation is 2. The van der Waals surface area contributed by atoms with Crippen LogP contribution in [0.15, 0.2) is 18.2 Å². The number of rotatable bonds is 2. The Bertz CT molecular complexity index is 603. The SMILES string of the molecule is COc1ccc2nc(C)cc(C)c2c1C(C)=O. The molecule has 0 aliphatic carbocycles. The van der Waals surface area contributed by atoms with Gasteiger partial charge in [0.25, 0.3) is 0 Å². The topological polar surface area (TPSA) is 39.2 Å². The summed E-state index contributed by atoms with van der Waals surface area (Å²) in [5, 5.41) is 0.891. The van der Waals surface area contributed by atoms with Crippen LogP contribution in [-0.2, 0) is 0 Å². The van der Waals surface area contributed by atoms with Crippen molar-refractivity contribution in [3.63, 3.8) is 0 Å². The standard InChI is InChI=1S/C14H15NO2/c1-8-7-9(2)15-11-5-6-12(17-4)14(10(3)16)13(8)11/h5-7H,1-4H3. The average molecular weight is 229 g/mol. The van der Waals surface area contributed by atoms with E-state index in [1.807, 2.05) is 26.0 Å². The summed E-state index contributed by atoms with van der Waals surface area (Å²) in [6, 6.07) is 5.67. The van der Waals surface area contributed by atoms with Gasteiger partial charge in [0.1, 0.15) is 5.75 Å². The summed E-state index contributed by atoms with van der Waals surface area (Å²) in [7, 11) is 1.57. The van der Waals surface area contributed by atoms with Crippen molar-refractivity contribution in [3.05, 3.63) is 35.0 Å². The third-order valence-corrected chi connectivity index (χ3v) is 2.83. The molecule has 1 heterocycles. The van der Waals surface area contributed by atoms with Crippen LogP contribution in [0.25, 0.3) is 10.9 Å². The van der Waals surface area contributed by atoms with E-state index in [2.05, 4.69) is 4.98 Å². The third-order valence-electron chi connectivity index (χ3n) is 2.83. The Kier molecular flexibility index (Phi) is 2.84. The number of Topliss-reactive ketones (excluding diaryl/α,β-unsaturated/α-hetero) is 1. The fourth-order valence-electron chi connectivity index (χ4n) is 2.19. The van der Waals surface area contributed by atoms with Crippen molar-refractivity contribution in [1.82, 2.24) is 4.98 Å². The molecular weight excluding hydrogens is 214 g/mol. The predicted octanol–water partition coefficient (Wildman–Crippen LogP) is 3.06. The lowest BCUT2D eigenvalue weighted by Gasteiger charge is -2.11. The number of nitrogens with zero attached hydrogens (tertiary/aromatic N) is 1. The number of ketones is 1. The maximum atomic E-state index is 11.8. The monoisotopic (exact) mass is 229 g/mol. The first-order valence-electron chi connectivity index (χ1n) is 5.50. The summed E-state index contributed by atoms with van der Waals surface area (Å²) in [5.74, 6) is 0.611. The second kappa shape index (κ2) is 4.17. The van der Waals surface area contributed by atoms with Gasteiger partial charge in [0.05, 0.1) is 18.2 Å². The first kappa shape index (κ1) is 11.6. The molecule has 0 saturated carbocycles. The van der Waals surface area contributed by atoms with E-state index >= 15 is 0 Å². The number of ether oxygens (including phenoxy) is 1. The summed E-state index contributed by atoms with van der Waals surface area (Å²) < 4.78 is 5.25. The van der Waals surface area contributed by atoms with Crippen LogP contribution in [0, 0.1) is 13.8 Å². The van der Waals surface area contributed by atoms with Gasteiger partial charge < -0.3 is 4.74 Å². The lowest BCUT2D eigenvalue weighted by Crippen LogP contribution is -2.01. The van der Waals surface area contributed by atoms with E-state index in [0.717, 1.165) is 22.2 Å². The number of fused-ring (bicyclic) bond motifs is 1. The minimum atomic E-state index is 0.00111. The molecule has 3 nitrogen and oxygen atoms in total. The smallest absolute Gasteiger partial charge is 0.164 e. The Morgan fingerprint density at radius 2 is 2.00 bits per heavy atom. The van der Waals surface area contributed by atoms with Gasteiger partial charge in [-0.05, 0) is 44.5 Å². The molecule has 0 unspecified atom stereocenters. The van der Waals surface area contributed by atoms with Crippen LogP contribution in [0.5, 0.6) is 5.75 Å². The summed E-state index contributed by atoms with van der Waals surface area (Å²) in [6.45, 7) is 5.49. The molecule has 0 N–H and O–H groups in total. The predicted molar refractivity (Wildman–Crippen MR) is 67.8 cm³/mol. The molecule has 2 rings (SSSR count). The van der Waals surface area contributed by atoms with Crippen molar-refractivity contribution in [2.24, 2.45) is 0 Å². The van der Waals surface area contributed by atoms with Crippen molar-refractivity contribution in [3.8, 4) is 5.75 Å². The summed E-state index contributed by atoms with van der Waals surface area (Å²) in [6.07, 6.45) is 0. The fraction of sp³-hybridized carbons (Fsp3) is 0.286. The van der Waals surface area contributed by atoms with Gasteiger partial charge in [0, 0.05) is 11.1 Å². The number of hydrogen-bond acceptors (Lipinski definition) is 3. The zero-order chi connectivity index (χ0) is 12.6. The Hall–Kier alpha value is -1.90. The molecule has 0 fully saturated rings. The molecule has 0 spiro atoms. The Morgan fingerprint density at radius 3 is 2.59 bits per heavy atom. The highest BCUT2D eigenvalue weighted by Crippen LogP contribution is 2.30. The van der Waals surface area contributed by atoms with Gasteiger partial charge in [0.2, 0.25) is 0 Å². The van der Waals surface area contributed by atoms with Crippen LogP contribution in [0.1, 0.15) is 28.5 Å². The highest BCUT2D eigenvalue weighted by atomic mass is 16.5. The van der Waals surface area contributed by atoms with Crippen LogP contribution >= 0.6 is 0 Å². The van der Waals surface area contributed by atoms with Gasteiger partial charge in [-0.25, -0.2) is 0 Å². The number of methoxy groups -OCH3 is 1. The Balaban J connectivity index is 2.94. The van der Waals surface area contributed by atoms with Crippen molar-refractivity contribution < 1.29 is 9.53 Å². The number of benzene rings is 1. The van der Waals surface area contributed by atoms with E-state index in [1.165, 1.54) is 0 Å². The zero-order valence-corrected chi connectivity index (χ0v) is 10.5. The largest absolute Gasteiger partial charge is 0.496 e. The van der Waals surface area contributed by atoms with Crippen molar-refractivity contribution >= 4 is 16.7 Å². The van der Waals surface area contributed by atoms with Crippen LogP contribution in [-0.4, -0.2) is 17.9 Å². The molecule has 0 radical (unpaired) electrons. The Morgan fingerprint density at radius 1 is 1.29 bits per heavy atom. The molecule has 17 heavy (non-hydrogen) atoms. The number of pyridine rings is 1. The molecule has 1 aromatic carbocycles. The van der Waals surface area contributed by atoms with Crippen LogP contribution < -0.4 is 4.74 Å². The molecule has 0 aliphatic rings. The molecule has 3 heteroatoms. The molecule has 1 aromatic heterocycles. The third kappa shape index (κ3) is 1.88. The summed E-state index contributed by atoms with van der Waals surface area (Å²) in [5.41, 5.74) is 3.47. The van der Waals surface area contributed by atoms with E-state index in [0.29, 0.717) is 11.3 Å². The fourth-order valence-corrected chi connectivity index (χ4v) is 2.19. The second-order valence-electron chi connectivity index (χ2n) is 4.17. The van der Waals surface area contributed by atoms with Crippen molar-refractivity contribution in [1.29, 1.82) is 0 Å². The molecule has 0 amide bonds. The molecule has 0 saturated heterocycles. The van der Waals surface area contributed by atoms with Gasteiger partial charge in [-0.3, -0.25) is 9.78 Å². The van der Waals surface area contributed by atoms with Crippen LogP contribution in [0.4, 0.5) is 0 Å². The second-order valence-corrected chi connectivity index (χ2v) is 4.17. The first-order chi connectivity index (χ1) is 8.04. The van der Waals surface area contributed by atoms with E-state index in [4.69, 9.17) is 4.74 Å². The van der Waals surface area contributed by atoms with Gasteiger partial charge in [-0.1, -0.05) is 0 Å². The van der Waals surface area contributed by atoms with Gasteiger partial charge >= 0.3 is 0 Å². The van der Waals surface area contributed by atoms with Gasteiger partial charge in [-0.2, -0.15) is 0 Å². The average Bonchev–Trinajstić information content (AvgIpc) is 2.27. The minimum Gasteiger partial charge on any atom is -0.496 e. The molecule has 0 bridgehead atoms. The summed E-state index contributed by atoms with van der Waals surface area (Å²) >= 11 is 0. The summed E-state index contributed by atoms with van der Waals surface area (Å²) in [4.78, 5) is 16.2. The van der Waals surface area contributed by atoms with E-state index in [9.17, 15) is 4.79 Å². The molecular formula is C14H15NO2.